The quantitative estimate of drug-likeness (QED) is 0.841. The van der Waals surface area contributed by atoms with Crippen molar-refractivity contribution < 1.29 is 8.42 Å². The number of nitrogens with zero attached hydrogens (tertiary/aromatic N) is 1. The van der Waals surface area contributed by atoms with E-state index in [-0.39, 0.29) is 10.9 Å². The Balaban J connectivity index is 2.31. The molecule has 4 nitrogen and oxygen atoms in total. The molecule has 112 valence electrons. The normalized spacial score (nSPS) is 24.0. The third-order valence-electron chi connectivity index (χ3n) is 4.18. The Morgan fingerprint density at radius 3 is 2.55 bits per heavy atom. The smallest absolute Gasteiger partial charge is 0.243 e. The SMILES string of the molecule is CC1CCCCC1N(C)S(=O)(=O)c1ccc(Br)c(N)c1. The highest BCUT2D eigenvalue weighted by Gasteiger charge is 2.33. The van der Waals surface area contributed by atoms with Crippen molar-refractivity contribution in [1.29, 1.82) is 0 Å². The topological polar surface area (TPSA) is 63.4 Å². The van der Waals surface area contributed by atoms with E-state index in [4.69, 9.17) is 5.73 Å². The molecule has 2 atom stereocenters. The first-order chi connectivity index (χ1) is 9.34. The van der Waals surface area contributed by atoms with E-state index in [0.29, 0.717) is 16.1 Å². The predicted molar refractivity (Wildman–Crippen MR) is 84.9 cm³/mol. The number of anilines is 1. The number of hydrogen-bond acceptors (Lipinski definition) is 3. The van der Waals surface area contributed by atoms with Crippen LogP contribution in [0.15, 0.2) is 27.6 Å². The van der Waals surface area contributed by atoms with Gasteiger partial charge in [-0.05, 0) is 52.9 Å². The van der Waals surface area contributed by atoms with Crippen molar-refractivity contribution in [3.63, 3.8) is 0 Å². The summed E-state index contributed by atoms with van der Waals surface area (Å²) in [5, 5.41) is 0. The van der Waals surface area contributed by atoms with E-state index in [9.17, 15) is 8.42 Å². The first-order valence-electron chi connectivity index (χ1n) is 6.87. The molecule has 1 aliphatic rings. The molecule has 1 aromatic carbocycles. The zero-order chi connectivity index (χ0) is 14.9. The van der Waals surface area contributed by atoms with Gasteiger partial charge in [0, 0.05) is 23.2 Å². The first-order valence-corrected chi connectivity index (χ1v) is 9.10. The number of halogens is 1. The molecule has 1 saturated carbocycles. The van der Waals surface area contributed by atoms with Gasteiger partial charge in [-0.1, -0.05) is 19.8 Å². The zero-order valence-corrected chi connectivity index (χ0v) is 14.2. The van der Waals surface area contributed by atoms with Gasteiger partial charge in [0.1, 0.15) is 0 Å². The second kappa shape index (κ2) is 6.03. The van der Waals surface area contributed by atoms with Crippen LogP contribution in [0.5, 0.6) is 0 Å². The molecule has 0 saturated heterocycles. The minimum atomic E-state index is -3.48. The van der Waals surface area contributed by atoms with Crippen LogP contribution in [0.1, 0.15) is 32.6 Å². The molecule has 0 spiro atoms. The van der Waals surface area contributed by atoms with Gasteiger partial charge < -0.3 is 5.73 Å². The van der Waals surface area contributed by atoms with Crippen molar-refractivity contribution in [3.8, 4) is 0 Å². The van der Waals surface area contributed by atoms with Crippen molar-refractivity contribution in [2.24, 2.45) is 5.92 Å². The Labute approximate surface area is 129 Å². The maximum Gasteiger partial charge on any atom is 0.243 e. The van der Waals surface area contributed by atoms with Gasteiger partial charge in [0.15, 0.2) is 0 Å². The molecular weight excluding hydrogens is 340 g/mol. The summed E-state index contributed by atoms with van der Waals surface area (Å²) in [6.45, 7) is 2.13. The molecule has 1 fully saturated rings. The van der Waals surface area contributed by atoms with E-state index in [2.05, 4.69) is 22.9 Å². The van der Waals surface area contributed by atoms with E-state index >= 15 is 0 Å². The second-order valence-electron chi connectivity index (χ2n) is 5.53. The van der Waals surface area contributed by atoms with Crippen LogP contribution in [0, 0.1) is 5.92 Å². The van der Waals surface area contributed by atoms with Crippen molar-refractivity contribution >= 4 is 31.6 Å². The van der Waals surface area contributed by atoms with Crippen molar-refractivity contribution in [2.75, 3.05) is 12.8 Å². The van der Waals surface area contributed by atoms with Gasteiger partial charge in [-0.2, -0.15) is 4.31 Å². The number of sulfonamides is 1. The monoisotopic (exact) mass is 360 g/mol. The molecule has 0 heterocycles. The zero-order valence-electron chi connectivity index (χ0n) is 11.8. The lowest BCUT2D eigenvalue weighted by Gasteiger charge is -2.35. The summed E-state index contributed by atoms with van der Waals surface area (Å²) in [5.41, 5.74) is 6.23. The molecule has 0 radical (unpaired) electrons. The van der Waals surface area contributed by atoms with E-state index in [1.54, 1.807) is 19.2 Å². The van der Waals surface area contributed by atoms with Crippen LogP contribution in [0.3, 0.4) is 0 Å². The van der Waals surface area contributed by atoms with Crippen molar-refractivity contribution in [1.82, 2.24) is 4.31 Å². The molecular formula is C14H21BrN2O2S. The molecule has 6 heteroatoms. The van der Waals surface area contributed by atoms with E-state index in [1.807, 2.05) is 0 Å². The van der Waals surface area contributed by atoms with E-state index < -0.39 is 10.0 Å². The second-order valence-corrected chi connectivity index (χ2v) is 8.39. The van der Waals surface area contributed by atoms with Gasteiger partial charge in [-0.15, -0.1) is 0 Å². The van der Waals surface area contributed by atoms with Gasteiger partial charge in [-0.3, -0.25) is 0 Å². The van der Waals surface area contributed by atoms with Crippen LogP contribution in [0.2, 0.25) is 0 Å². The Morgan fingerprint density at radius 2 is 1.95 bits per heavy atom. The highest BCUT2D eigenvalue weighted by Crippen LogP contribution is 2.32. The summed E-state index contributed by atoms with van der Waals surface area (Å²) in [6.07, 6.45) is 4.31. The first kappa shape index (κ1) is 15.8. The molecule has 20 heavy (non-hydrogen) atoms. The summed E-state index contributed by atoms with van der Waals surface area (Å²) in [6, 6.07) is 4.88. The summed E-state index contributed by atoms with van der Waals surface area (Å²) in [5.74, 6) is 0.399. The molecule has 0 aliphatic heterocycles. The predicted octanol–water partition coefficient (Wildman–Crippen LogP) is 3.23. The Kier molecular flexibility index (Phi) is 4.76. The molecule has 0 aromatic heterocycles. The fraction of sp³-hybridized carbons (Fsp3) is 0.571. The maximum atomic E-state index is 12.7. The maximum absolute atomic E-state index is 12.7. The molecule has 1 aliphatic carbocycles. The fourth-order valence-electron chi connectivity index (χ4n) is 2.86. The molecule has 0 bridgehead atoms. The summed E-state index contributed by atoms with van der Waals surface area (Å²) >= 11 is 3.29. The van der Waals surface area contributed by atoms with Gasteiger partial charge in [0.05, 0.1) is 4.90 Å². The van der Waals surface area contributed by atoms with Crippen molar-refractivity contribution in [2.45, 2.75) is 43.5 Å². The average Bonchev–Trinajstić information content (AvgIpc) is 2.41. The highest BCUT2D eigenvalue weighted by atomic mass is 79.9. The summed E-state index contributed by atoms with van der Waals surface area (Å²) in [4.78, 5) is 0.262. The molecule has 1 aromatic rings. The van der Waals surface area contributed by atoms with Crippen LogP contribution < -0.4 is 5.73 Å². The Morgan fingerprint density at radius 1 is 1.30 bits per heavy atom. The van der Waals surface area contributed by atoms with Gasteiger partial charge in [0.25, 0.3) is 0 Å². The van der Waals surface area contributed by atoms with Crippen LogP contribution in [-0.4, -0.2) is 25.8 Å². The Bertz CT molecular complexity index is 589. The molecule has 2 unspecified atom stereocenters. The van der Waals surface area contributed by atoms with E-state index in [1.165, 1.54) is 16.8 Å². The number of nitrogens with two attached hydrogens (primary N) is 1. The average molecular weight is 361 g/mol. The van der Waals surface area contributed by atoms with Gasteiger partial charge in [-0.25, -0.2) is 8.42 Å². The van der Waals surface area contributed by atoms with Crippen LogP contribution in [0.25, 0.3) is 0 Å². The van der Waals surface area contributed by atoms with Gasteiger partial charge >= 0.3 is 0 Å². The number of hydrogen-bond donors (Lipinski definition) is 1. The Hall–Kier alpha value is -0.590. The number of rotatable bonds is 3. The van der Waals surface area contributed by atoms with E-state index in [0.717, 1.165) is 19.3 Å². The highest BCUT2D eigenvalue weighted by molar-refractivity contribution is 9.10. The third-order valence-corrected chi connectivity index (χ3v) is 6.78. The van der Waals surface area contributed by atoms with Crippen molar-refractivity contribution in [3.05, 3.63) is 22.7 Å². The third kappa shape index (κ3) is 3.02. The minimum Gasteiger partial charge on any atom is -0.398 e. The molecule has 2 rings (SSSR count). The van der Waals surface area contributed by atoms with Gasteiger partial charge in [0.2, 0.25) is 10.0 Å². The van der Waals surface area contributed by atoms with Crippen LogP contribution in [0.4, 0.5) is 5.69 Å². The molecule has 0 amide bonds. The minimum absolute atomic E-state index is 0.0821. The van der Waals surface area contributed by atoms with Crippen LogP contribution >= 0.6 is 15.9 Å². The lowest BCUT2D eigenvalue weighted by Crippen LogP contribution is -2.42. The fourth-order valence-corrected chi connectivity index (χ4v) is 4.63. The number of nitrogen functional groups attached to an aromatic ring is 1. The molecule has 2 N–H and O–H groups in total. The summed E-state index contributed by atoms with van der Waals surface area (Å²) in [7, 11) is -1.80. The summed E-state index contributed by atoms with van der Waals surface area (Å²) < 4.78 is 27.6. The standard InChI is InChI=1S/C14H21BrN2O2S/c1-10-5-3-4-6-14(10)17(2)20(18,19)11-7-8-12(15)13(16)9-11/h7-10,14H,3-6,16H2,1-2H3. The lowest BCUT2D eigenvalue weighted by atomic mass is 9.86. The lowest BCUT2D eigenvalue weighted by molar-refractivity contribution is 0.213. The largest absolute Gasteiger partial charge is 0.398 e. The van der Waals surface area contributed by atoms with Crippen LogP contribution in [-0.2, 0) is 10.0 Å². The number of benzene rings is 1.